The Labute approximate surface area is 163 Å². The Bertz CT molecular complexity index is 421. The van der Waals surface area contributed by atoms with Crippen molar-refractivity contribution in [3.8, 4) is 0 Å². The highest BCUT2D eigenvalue weighted by Crippen LogP contribution is 2.27. The molecule has 0 heterocycles. The van der Waals surface area contributed by atoms with Gasteiger partial charge in [0.15, 0.2) is 0 Å². The largest absolute Gasteiger partial charge is 0.333 e. The van der Waals surface area contributed by atoms with E-state index in [4.69, 9.17) is 9.32 Å². The first-order valence-electron chi connectivity index (χ1n) is 10.9. The molecule has 0 saturated carbocycles. The molecule has 0 aliphatic rings. The van der Waals surface area contributed by atoms with Gasteiger partial charge in [0, 0.05) is 0 Å². The summed E-state index contributed by atoms with van der Waals surface area (Å²) in [6.07, 6.45) is 19.8. The first-order valence-corrected chi connectivity index (χ1v) is 12.4. The smallest absolute Gasteiger partial charge is 0.252 e. The Morgan fingerprint density at radius 3 is 1.46 bits per heavy atom. The summed E-state index contributed by atoms with van der Waals surface area (Å²) in [7, 11) is -3.89. The van der Waals surface area contributed by atoms with Crippen molar-refractivity contribution >= 4 is 10.3 Å². The molecule has 1 atom stereocenters. The van der Waals surface area contributed by atoms with E-state index in [1.54, 1.807) is 13.8 Å². The third-order valence-electron chi connectivity index (χ3n) is 5.51. The summed E-state index contributed by atoms with van der Waals surface area (Å²) in [5.41, 5.74) is -0.732. The van der Waals surface area contributed by atoms with Gasteiger partial charge >= 0.3 is 10.3 Å². The van der Waals surface area contributed by atoms with Crippen LogP contribution in [0.5, 0.6) is 0 Å². The van der Waals surface area contributed by atoms with Crippen LogP contribution < -0.4 is 5.14 Å². The molecule has 0 radical (unpaired) electrons. The fourth-order valence-corrected chi connectivity index (χ4v) is 4.14. The fourth-order valence-electron chi connectivity index (χ4n) is 3.37. The van der Waals surface area contributed by atoms with Crippen LogP contribution in [-0.2, 0) is 14.5 Å². The van der Waals surface area contributed by atoms with Gasteiger partial charge in [0.1, 0.15) is 0 Å². The second-order valence-corrected chi connectivity index (χ2v) is 9.62. The van der Waals surface area contributed by atoms with Crippen molar-refractivity contribution in [2.24, 2.45) is 11.1 Å². The topological polar surface area (TPSA) is 69.4 Å². The van der Waals surface area contributed by atoms with E-state index in [0.717, 1.165) is 12.8 Å². The highest BCUT2D eigenvalue weighted by atomic mass is 32.2. The maximum absolute atomic E-state index is 11.1. The van der Waals surface area contributed by atoms with Gasteiger partial charge < -0.3 is 0 Å². The normalized spacial score (nSPS) is 13.9. The molecule has 1 unspecified atom stereocenters. The van der Waals surface area contributed by atoms with Crippen LogP contribution in [0.25, 0.3) is 0 Å². The molecule has 0 bridgehead atoms. The molecule has 0 aliphatic carbocycles. The summed E-state index contributed by atoms with van der Waals surface area (Å²) in [4.78, 5) is 0. The second-order valence-electron chi connectivity index (χ2n) is 8.47. The molecule has 0 aromatic carbocycles. The van der Waals surface area contributed by atoms with E-state index in [2.05, 4.69) is 6.92 Å². The van der Waals surface area contributed by atoms with E-state index in [1.165, 1.54) is 83.5 Å². The number of nitrogens with two attached hydrogens (primary N) is 1. The van der Waals surface area contributed by atoms with Crippen molar-refractivity contribution in [2.45, 2.75) is 130 Å². The van der Waals surface area contributed by atoms with Gasteiger partial charge in [-0.05, 0) is 26.2 Å². The van der Waals surface area contributed by atoms with Gasteiger partial charge in [-0.15, -0.1) is 0 Å². The molecule has 2 N–H and O–H groups in total. The predicted octanol–water partition coefficient (Wildman–Crippen LogP) is 6.49. The molecule has 0 aliphatic heterocycles. The van der Waals surface area contributed by atoms with Gasteiger partial charge in [-0.1, -0.05) is 104 Å². The highest BCUT2D eigenvalue weighted by molar-refractivity contribution is 7.84. The lowest BCUT2D eigenvalue weighted by Gasteiger charge is -2.30. The Morgan fingerprint density at radius 2 is 1.12 bits per heavy atom. The summed E-state index contributed by atoms with van der Waals surface area (Å²) >= 11 is 0. The van der Waals surface area contributed by atoms with Crippen LogP contribution in [0.2, 0.25) is 0 Å². The molecular weight excluding hydrogens is 346 g/mol. The van der Waals surface area contributed by atoms with Crippen LogP contribution in [0.3, 0.4) is 0 Å². The van der Waals surface area contributed by atoms with Gasteiger partial charge in [0.2, 0.25) is 0 Å². The van der Waals surface area contributed by atoms with E-state index in [1.807, 2.05) is 6.92 Å². The van der Waals surface area contributed by atoms with Gasteiger partial charge in [0.05, 0.1) is 5.60 Å². The Morgan fingerprint density at radius 1 is 0.769 bits per heavy atom. The molecule has 4 nitrogen and oxygen atoms in total. The predicted molar refractivity (Wildman–Crippen MR) is 112 cm³/mol. The summed E-state index contributed by atoms with van der Waals surface area (Å²) in [6, 6.07) is 0. The van der Waals surface area contributed by atoms with Crippen LogP contribution >= 0.6 is 0 Å². The molecule has 5 heteroatoms. The summed E-state index contributed by atoms with van der Waals surface area (Å²) < 4.78 is 27.2. The molecule has 158 valence electrons. The maximum atomic E-state index is 11.1. The first kappa shape index (κ1) is 25.9. The van der Waals surface area contributed by atoms with Gasteiger partial charge in [0.25, 0.3) is 0 Å². The van der Waals surface area contributed by atoms with Crippen LogP contribution in [0, 0.1) is 5.92 Å². The van der Waals surface area contributed by atoms with Crippen molar-refractivity contribution in [3.63, 3.8) is 0 Å². The van der Waals surface area contributed by atoms with Crippen LogP contribution in [-0.4, -0.2) is 14.0 Å². The number of unbranched alkanes of at least 4 members (excludes halogenated alkanes) is 13. The number of hydrogen-bond donors (Lipinski definition) is 1. The van der Waals surface area contributed by atoms with Crippen molar-refractivity contribution in [3.05, 3.63) is 0 Å². The lowest BCUT2D eigenvalue weighted by molar-refractivity contribution is 0.0537. The van der Waals surface area contributed by atoms with Crippen molar-refractivity contribution < 1.29 is 12.6 Å². The van der Waals surface area contributed by atoms with Gasteiger partial charge in [-0.25, -0.2) is 5.14 Å². The molecule has 0 saturated heterocycles. The Balaban J connectivity index is 3.45. The molecular formula is C21H45NO3S. The molecule has 26 heavy (non-hydrogen) atoms. The lowest BCUT2D eigenvalue weighted by Crippen LogP contribution is -2.37. The Hall–Kier alpha value is -0.130. The lowest BCUT2D eigenvalue weighted by atomic mass is 9.88. The van der Waals surface area contributed by atoms with E-state index < -0.39 is 15.9 Å². The molecule has 0 spiro atoms. The third-order valence-corrected chi connectivity index (χ3v) is 6.17. The van der Waals surface area contributed by atoms with Crippen LogP contribution in [0.15, 0.2) is 0 Å². The average Bonchev–Trinajstić information content (AvgIpc) is 2.52. The van der Waals surface area contributed by atoms with Crippen molar-refractivity contribution in [1.29, 1.82) is 0 Å². The third kappa shape index (κ3) is 16.1. The Kier molecular flexibility index (Phi) is 14.8. The quantitative estimate of drug-likeness (QED) is 0.271. The zero-order chi connectivity index (χ0) is 19.9. The van der Waals surface area contributed by atoms with Crippen molar-refractivity contribution in [1.82, 2.24) is 0 Å². The van der Waals surface area contributed by atoms with E-state index in [-0.39, 0.29) is 5.92 Å². The molecule has 0 rings (SSSR count). The SMILES string of the molecule is CCCCCCCCCCCCCCCCC(C)C(C)(C)OS(N)(=O)=O. The highest BCUT2D eigenvalue weighted by Gasteiger charge is 2.30. The summed E-state index contributed by atoms with van der Waals surface area (Å²) in [5, 5.41) is 4.99. The fraction of sp³-hybridized carbons (Fsp3) is 1.00. The van der Waals surface area contributed by atoms with Crippen LogP contribution in [0.1, 0.15) is 124 Å². The van der Waals surface area contributed by atoms with Crippen molar-refractivity contribution in [2.75, 3.05) is 0 Å². The molecule has 0 amide bonds. The second kappa shape index (κ2) is 14.9. The number of rotatable bonds is 18. The van der Waals surface area contributed by atoms with Gasteiger partial charge in [-0.2, -0.15) is 8.42 Å². The van der Waals surface area contributed by atoms with E-state index in [9.17, 15) is 8.42 Å². The standard InChI is InChI=1S/C21H45NO3S/c1-5-6-7-8-9-10-11-12-13-14-15-16-17-18-19-20(2)21(3,4)25-26(22,23)24/h20H,5-19H2,1-4H3,(H2,22,23,24). The average molecular weight is 392 g/mol. The minimum absolute atomic E-state index is 0.165. The molecule has 0 aromatic heterocycles. The van der Waals surface area contributed by atoms with E-state index >= 15 is 0 Å². The molecule has 0 aromatic rings. The maximum Gasteiger partial charge on any atom is 0.333 e. The summed E-state index contributed by atoms with van der Waals surface area (Å²) in [6.45, 7) is 7.90. The first-order chi connectivity index (χ1) is 12.2. The monoisotopic (exact) mass is 391 g/mol. The van der Waals surface area contributed by atoms with Crippen LogP contribution in [0.4, 0.5) is 0 Å². The van der Waals surface area contributed by atoms with E-state index in [0.29, 0.717) is 0 Å². The number of hydrogen-bond acceptors (Lipinski definition) is 3. The van der Waals surface area contributed by atoms with Gasteiger partial charge in [-0.3, -0.25) is 4.18 Å². The zero-order valence-corrected chi connectivity index (χ0v) is 18.7. The minimum atomic E-state index is -3.89. The molecule has 0 fully saturated rings. The zero-order valence-electron chi connectivity index (χ0n) is 17.9. The minimum Gasteiger partial charge on any atom is -0.252 e. The summed E-state index contributed by atoms with van der Waals surface area (Å²) in [5.74, 6) is 0.165.